The van der Waals surface area contributed by atoms with Gasteiger partial charge in [0.1, 0.15) is 18.1 Å². The van der Waals surface area contributed by atoms with Crippen molar-refractivity contribution in [2.24, 2.45) is 0 Å². The van der Waals surface area contributed by atoms with Crippen LogP contribution in [0.5, 0.6) is 11.5 Å². The molecule has 5 rings (SSSR count). The Morgan fingerprint density at radius 3 is 2.46 bits per heavy atom. The predicted molar refractivity (Wildman–Crippen MR) is 143 cm³/mol. The van der Waals surface area contributed by atoms with E-state index in [0.717, 1.165) is 16.7 Å². The molecule has 0 bridgehead atoms. The number of pyridine rings is 1. The van der Waals surface area contributed by atoms with E-state index in [0.29, 0.717) is 29.2 Å². The van der Waals surface area contributed by atoms with Crippen LogP contribution in [0.1, 0.15) is 33.9 Å². The maximum absolute atomic E-state index is 13.8. The summed E-state index contributed by atoms with van der Waals surface area (Å²) in [4.78, 5) is 31.0. The van der Waals surface area contributed by atoms with Crippen LogP contribution < -0.4 is 19.6 Å². The smallest absolute Gasteiger partial charge is 0.295 e. The molecule has 7 nitrogen and oxygen atoms in total. The summed E-state index contributed by atoms with van der Waals surface area (Å²) in [5.74, 6) is -0.844. The van der Waals surface area contributed by atoms with Crippen LogP contribution in [-0.2, 0) is 22.7 Å². The first-order valence-electron chi connectivity index (χ1n) is 12.6. The molecule has 0 radical (unpaired) electrons. The highest BCUT2D eigenvalue weighted by Gasteiger charge is 2.44. The van der Waals surface area contributed by atoms with Crippen LogP contribution in [0.3, 0.4) is 0 Å². The first-order valence-corrected chi connectivity index (χ1v) is 12.6. The highest BCUT2D eigenvalue weighted by molar-refractivity contribution is 6.46. The third-order valence-corrected chi connectivity index (χ3v) is 6.84. The number of methoxy groups -OCH3 is 1. The highest BCUT2D eigenvalue weighted by Crippen LogP contribution is 2.40. The van der Waals surface area contributed by atoms with Gasteiger partial charge in [0, 0.05) is 17.2 Å². The SMILES string of the molecule is COc1cccc(C2/C(=C(\[O-])c3ccc(OCc4ccccc4C)cc3)C(=O)C(=O)N2Cc2ccc[nH+]c2)c1. The van der Waals surface area contributed by atoms with Gasteiger partial charge in [-0.25, -0.2) is 4.98 Å². The molecule has 1 amide bonds. The Bertz CT molecular complexity index is 1530. The van der Waals surface area contributed by atoms with E-state index in [-0.39, 0.29) is 12.1 Å². The molecule has 0 saturated carbocycles. The first kappa shape index (κ1) is 25.7. The summed E-state index contributed by atoms with van der Waals surface area (Å²) in [6.45, 7) is 2.58. The lowest BCUT2D eigenvalue weighted by Gasteiger charge is -2.27. The quantitative estimate of drug-likeness (QED) is 0.200. The number of aromatic nitrogens is 1. The van der Waals surface area contributed by atoms with Crippen LogP contribution in [0.15, 0.2) is 103 Å². The molecule has 1 N–H and O–H groups in total. The van der Waals surface area contributed by atoms with Crippen molar-refractivity contribution in [1.29, 1.82) is 0 Å². The number of ketones is 1. The van der Waals surface area contributed by atoms with Crippen LogP contribution in [0.2, 0.25) is 0 Å². The molecule has 1 aliphatic rings. The molecule has 3 aromatic carbocycles. The number of hydrogen-bond acceptors (Lipinski definition) is 5. The molecule has 7 heteroatoms. The predicted octanol–water partition coefficient (Wildman–Crippen LogP) is 3.82. The summed E-state index contributed by atoms with van der Waals surface area (Å²) in [5, 5.41) is 13.8. The number of carbonyl (C=O) groups excluding carboxylic acids is 2. The second-order valence-electron chi connectivity index (χ2n) is 9.34. The lowest BCUT2D eigenvalue weighted by atomic mass is 9.95. The Hall–Kier alpha value is -4.91. The molecule has 2 heterocycles. The van der Waals surface area contributed by atoms with Gasteiger partial charge < -0.3 is 19.5 Å². The van der Waals surface area contributed by atoms with Crippen LogP contribution in [0, 0.1) is 6.92 Å². The van der Waals surface area contributed by atoms with Crippen molar-refractivity contribution in [2.45, 2.75) is 26.1 Å². The summed E-state index contributed by atoms with van der Waals surface area (Å²) < 4.78 is 11.3. The average molecular weight is 521 g/mol. The number of ether oxygens (including phenoxy) is 2. The van der Waals surface area contributed by atoms with E-state index in [1.807, 2.05) is 43.3 Å². The van der Waals surface area contributed by atoms with Gasteiger partial charge in [-0.1, -0.05) is 54.3 Å². The Balaban J connectivity index is 1.49. The fourth-order valence-corrected chi connectivity index (χ4v) is 4.71. The number of nitrogens with zero attached hydrogens (tertiary/aromatic N) is 1. The third kappa shape index (κ3) is 5.38. The van der Waals surface area contributed by atoms with Gasteiger partial charge in [0.25, 0.3) is 5.91 Å². The zero-order chi connectivity index (χ0) is 27.4. The van der Waals surface area contributed by atoms with Crippen molar-refractivity contribution in [3.8, 4) is 11.5 Å². The number of aromatic amines is 1. The molecule has 1 fully saturated rings. The minimum atomic E-state index is -0.857. The molecule has 1 unspecified atom stereocenters. The van der Waals surface area contributed by atoms with Crippen LogP contribution in [0.25, 0.3) is 5.76 Å². The molecule has 196 valence electrons. The standard InChI is InChI=1S/C32H28N2O5/c1-21-7-3-4-9-25(21)20-39-26-14-12-23(13-15-26)30(35)28-29(24-10-5-11-27(17-24)38-2)34(32(37)31(28)36)19-22-8-6-16-33-18-22/h3-18,29,35H,19-20H2,1-2H3/b30-28+. The summed E-state index contributed by atoms with van der Waals surface area (Å²) >= 11 is 0. The minimum Gasteiger partial charge on any atom is -0.872 e. The van der Waals surface area contributed by atoms with Gasteiger partial charge in [0.15, 0.2) is 12.4 Å². The third-order valence-electron chi connectivity index (χ3n) is 6.84. The van der Waals surface area contributed by atoms with Gasteiger partial charge in [0.2, 0.25) is 5.78 Å². The van der Waals surface area contributed by atoms with Gasteiger partial charge in [-0.15, -0.1) is 0 Å². The number of H-pyrrole nitrogens is 1. The molecule has 1 atom stereocenters. The second-order valence-corrected chi connectivity index (χ2v) is 9.34. The number of aryl methyl sites for hydroxylation is 1. The zero-order valence-electron chi connectivity index (χ0n) is 21.7. The van der Waals surface area contributed by atoms with E-state index in [4.69, 9.17) is 9.47 Å². The van der Waals surface area contributed by atoms with Crippen LogP contribution in [0.4, 0.5) is 0 Å². The van der Waals surface area contributed by atoms with Gasteiger partial charge in [-0.3, -0.25) is 9.59 Å². The number of rotatable bonds is 8. The normalized spacial score (nSPS) is 16.4. The molecule has 4 aromatic rings. The van der Waals surface area contributed by atoms with Crippen LogP contribution >= 0.6 is 0 Å². The number of amides is 1. The Labute approximate surface area is 227 Å². The second kappa shape index (κ2) is 11.2. The number of carbonyl (C=O) groups is 2. The first-order chi connectivity index (χ1) is 19.0. The minimum absolute atomic E-state index is 0.0817. The van der Waals surface area contributed by atoms with Crippen molar-refractivity contribution in [2.75, 3.05) is 7.11 Å². The van der Waals surface area contributed by atoms with Gasteiger partial charge in [-0.05, 0) is 59.5 Å². The number of likely N-dealkylation sites (tertiary alicyclic amines) is 1. The fourth-order valence-electron chi connectivity index (χ4n) is 4.71. The monoisotopic (exact) mass is 520 g/mol. The lowest BCUT2D eigenvalue weighted by Crippen LogP contribution is -2.29. The molecule has 0 spiro atoms. The molecule has 39 heavy (non-hydrogen) atoms. The van der Waals surface area contributed by atoms with Gasteiger partial charge in [-0.2, -0.15) is 0 Å². The van der Waals surface area contributed by atoms with Crippen molar-refractivity contribution in [3.63, 3.8) is 0 Å². The maximum atomic E-state index is 13.8. The molecule has 1 aliphatic heterocycles. The lowest BCUT2D eigenvalue weighted by molar-refractivity contribution is -0.378. The molecule has 0 aliphatic carbocycles. The molecule has 1 aromatic heterocycles. The van der Waals surface area contributed by atoms with Crippen molar-refractivity contribution < 1.29 is 29.2 Å². The van der Waals surface area contributed by atoms with E-state index in [1.165, 1.54) is 4.90 Å². The maximum Gasteiger partial charge on any atom is 0.295 e. The molecule has 1 saturated heterocycles. The number of hydrogen-bond donors (Lipinski definition) is 0. The van der Waals surface area contributed by atoms with Crippen molar-refractivity contribution >= 4 is 17.4 Å². The highest BCUT2D eigenvalue weighted by atomic mass is 16.5. The summed E-state index contributed by atoms with van der Waals surface area (Å²) in [5.41, 5.74) is 3.84. The van der Waals surface area contributed by atoms with Gasteiger partial charge >= 0.3 is 0 Å². The number of nitrogens with one attached hydrogen (secondary N) is 1. The topological polar surface area (TPSA) is 93.0 Å². The summed E-state index contributed by atoms with van der Waals surface area (Å²) in [7, 11) is 1.54. The van der Waals surface area contributed by atoms with Crippen molar-refractivity contribution in [3.05, 3.63) is 131 Å². The van der Waals surface area contributed by atoms with E-state index in [1.54, 1.807) is 68.0 Å². The van der Waals surface area contributed by atoms with E-state index >= 15 is 0 Å². The largest absolute Gasteiger partial charge is 0.872 e. The average Bonchev–Trinajstić information content (AvgIpc) is 3.22. The van der Waals surface area contributed by atoms with Crippen LogP contribution in [-0.4, -0.2) is 23.7 Å². The summed E-state index contributed by atoms with van der Waals surface area (Å²) in [6.07, 6.45) is 3.52. The fraction of sp³-hybridized carbons (Fsp3) is 0.156. The van der Waals surface area contributed by atoms with E-state index in [2.05, 4.69) is 4.98 Å². The number of Topliss-reactive ketones (excluding diaryl/α,β-unsaturated/α-hetero) is 1. The van der Waals surface area contributed by atoms with Crippen molar-refractivity contribution in [1.82, 2.24) is 4.90 Å². The summed E-state index contributed by atoms with van der Waals surface area (Å²) in [6, 6.07) is 24.5. The Morgan fingerprint density at radius 2 is 1.74 bits per heavy atom. The molecular weight excluding hydrogens is 492 g/mol. The van der Waals surface area contributed by atoms with E-state index in [9.17, 15) is 14.7 Å². The van der Waals surface area contributed by atoms with Gasteiger partial charge in [0.05, 0.1) is 19.7 Å². The van der Waals surface area contributed by atoms with E-state index < -0.39 is 23.5 Å². The number of benzene rings is 3. The Morgan fingerprint density at radius 1 is 0.949 bits per heavy atom. The Kier molecular flexibility index (Phi) is 7.41. The molecular formula is C32H28N2O5. The zero-order valence-corrected chi connectivity index (χ0v) is 21.7.